The molecule has 0 amide bonds. The minimum Gasteiger partial charge on any atom is -0.390 e. The third-order valence-electron chi connectivity index (χ3n) is 2.89. The molecule has 3 nitrogen and oxygen atoms in total. The zero-order chi connectivity index (χ0) is 14.7. The van der Waals surface area contributed by atoms with Gasteiger partial charge in [0.25, 0.3) is 0 Å². The molecule has 0 fully saturated rings. The van der Waals surface area contributed by atoms with Crippen LogP contribution in [0.25, 0.3) is 0 Å². The Morgan fingerprint density at radius 2 is 1.79 bits per heavy atom. The van der Waals surface area contributed by atoms with Crippen molar-refractivity contribution in [3.8, 4) is 0 Å². The van der Waals surface area contributed by atoms with Crippen molar-refractivity contribution in [2.45, 2.75) is 33.1 Å². The van der Waals surface area contributed by atoms with Crippen LogP contribution in [0, 0.1) is 0 Å². The maximum Gasteiger partial charge on any atom is 0.0538 e. The zero-order valence-corrected chi connectivity index (χ0v) is 12.7. The Kier molecular flexibility index (Phi) is 9.41. The van der Waals surface area contributed by atoms with Gasteiger partial charge in [0, 0.05) is 30.7 Å². The van der Waals surface area contributed by atoms with Gasteiger partial charge < -0.3 is 16.0 Å². The first-order chi connectivity index (χ1) is 8.99. The average Bonchev–Trinajstić information content (AvgIpc) is 2.40. The molecule has 0 aliphatic heterocycles. The Morgan fingerprint density at radius 3 is 2.37 bits per heavy atom. The van der Waals surface area contributed by atoms with Gasteiger partial charge in [-0.15, -0.1) is 0 Å². The second kappa shape index (κ2) is 10.3. The van der Waals surface area contributed by atoms with Gasteiger partial charge in [0.2, 0.25) is 0 Å². The summed E-state index contributed by atoms with van der Waals surface area (Å²) in [6, 6.07) is 0. The molecule has 0 aliphatic carbocycles. The number of allylic oxidation sites excluding steroid dienone is 3. The molecule has 19 heavy (non-hydrogen) atoms. The van der Waals surface area contributed by atoms with Crippen LogP contribution in [-0.4, -0.2) is 20.1 Å². The number of hydrogen-bond acceptors (Lipinski definition) is 3. The first kappa shape index (κ1) is 17.4. The van der Waals surface area contributed by atoms with Crippen LogP contribution >= 0.6 is 0 Å². The molecule has 0 spiro atoms. The molecule has 3 heteroatoms. The molecule has 0 heterocycles. The van der Waals surface area contributed by atoms with Crippen molar-refractivity contribution in [2.75, 3.05) is 20.1 Å². The van der Waals surface area contributed by atoms with E-state index in [0.717, 1.165) is 49.4 Å². The van der Waals surface area contributed by atoms with Gasteiger partial charge in [-0.2, -0.15) is 0 Å². The van der Waals surface area contributed by atoms with E-state index in [4.69, 9.17) is 0 Å². The Hall–Kier alpha value is -1.64. The summed E-state index contributed by atoms with van der Waals surface area (Å²) in [7, 11) is 1.87. The first-order valence-electron chi connectivity index (χ1n) is 6.86. The highest BCUT2D eigenvalue weighted by atomic mass is 14.9. The summed E-state index contributed by atoms with van der Waals surface area (Å²) in [5.74, 6) is 0. The van der Waals surface area contributed by atoms with Crippen LogP contribution in [0.2, 0.25) is 0 Å². The molecular weight excluding hydrogens is 234 g/mol. The lowest BCUT2D eigenvalue weighted by molar-refractivity contribution is 0.689. The van der Waals surface area contributed by atoms with Crippen molar-refractivity contribution in [1.82, 2.24) is 16.0 Å². The first-order valence-corrected chi connectivity index (χ1v) is 6.86. The normalized spacial score (nSPS) is 10.8. The molecule has 0 aromatic carbocycles. The lowest BCUT2D eigenvalue weighted by Gasteiger charge is -2.12. The van der Waals surface area contributed by atoms with E-state index in [1.807, 2.05) is 7.05 Å². The van der Waals surface area contributed by atoms with Gasteiger partial charge in [-0.3, -0.25) is 0 Å². The van der Waals surface area contributed by atoms with Crippen molar-refractivity contribution < 1.29 is 0 Å². The summed E-state index contributed by atoms with van der Waals surface area (Å²) < 4.78 is 0. The van der Waals surface area contributed by atoms with Gasteiger partial charge in [-0.1, -0.05) is 32.2 Å². The molecule has 3 N–H and O–H groups in total. The highest BCUT2D eigenvalue weighted by Crippen LogP contribution is 2.03. The molecule has 0 atom stereocenters. The maximum atomic E-state index is 4.00. The molecule has 0 saturated carbocycles. The van der Waals surface area contributed by atoms with Crippen LogP contribution in [-0.2, 0) is 0 Å². The third-order valence-corrected chi connectivity index (χ3v) is 2.89. The minimum absolute atomic E-state index is 0.730. The van der Waals surface area contributed by atoms with Crippen molar-refractivity contribution in [1.29, 1.82) is 0 Å². The number of hydrogen-bond donors (Lipinski definition) is 3. The summed E-state index contributed by atoms with van der Waals surface area (Å²) in [5.41, 5.74) is 4.34. The van der Waals surface area contributed by atoms with Crippen LogP contribution in [0.5, 0.6) is 0 Å². The zero-order valence-electron chi connectivity index (χ0n) is 12.7. The third kappa shape index (κ3) is 10.0. The molecule has 0 saturated heterocycles. The Bertz CT molecular complexity index is 340. The number of nitrogens with one attached hydrogen (secondary N) is 3. The molecule has 0 aliphatic rings. The standard InChI is InChI=1S/C16H29N3/c1-7-13(2)11-15(4)18-10-8-9-14(3)19-12-16(5)17-6/h11,17-19H,3-5,7-10,12H2,1-2,6H3/b13-11-. The summed E-state index contributed by atoms with van der Waals surface area (Å²) in [5, 5.41) is 9.55. The minimum atomic E-state index is 0.730. The number of likely N-dealkylation sites (N-methyl/N-ethyl adjacent to an activating group) is 1. The van der Waals surface area contributed by atoms with E-state index >= 15 is 0 Å². The molecule has 108 valence electrons. The fourth-order valence-corrected chi connectivity index (χ4v) is 1.41. The van der Waals surface area contributed by atoms with Crippen LogP contribution in [0.1, 0.15) is 33.1 Å². The van der Waals surface area contributed by atoms with E-state index < -0.39 is 0 Å². The Morgan fingerprint density at radius 1 is 1.11 bits per heavy atom. The summed E-state index contributed by atoms with van der Waals surface area (Å²) in [6.07, 6.45) is 5.16. The summed E-state index contributed by atoms with van der Waals surface area (Å²) >= 11 is 0. The fraction of sp³-hybridized carbons (Fsp3) is 0.500. The van der Waals surface area contributed by atoms with E-state index in [1.54, 1.807) is 0 Å². The molecule has 0 aromatic heterocycles. The number of rotatable bonds is 11. The van der Waals surface area contributed by atoms with Crippen molar-refractivity contribution in [2.24, 2.45) is 0 Å². The predicted octanol–water partition coefficient (Wildman–Crippen LogP) is 3.06. The second-order valence-corrected chi connectivity index (χ2v) is 4.71. The molecular formula is C16H29N3. The topological polar surface area (TPSA) is 36.1 Å². The van der Waals surface area contributed by atoms with Crippen LogP contribution in [0.3, 0.4) is 0 Å². The molecule has 0 radical (unpaired) electrons. The van der Waals surface area contributed by atoms with Crippen molar-refractivity contribution >= 4 is 0 Å². The second-order valence-electron chi connectivity index (χ2n) is 4.71. The lowest BCUT2D eigenvalue weighted by atomic mass is 10.2. The van der Waals surface area contributed by atoms with E-state index in [2.05, 4.69) is 55.6 Å². The van der Waals surface area contributed by atoms with Gasteiger partial charge >= 0.3 is 0 Å². The van der Waals surface area contributed by atoms with Gasteiger partial charge in [-0.25, -0.2) is 0 Å². The monoisotopic (exact) mass is 263 g/mol. The molecule has 0 rings (SSSR count). The lowest BCUT2D eigenvalue weighted by Crippen LogP contribution is -2.22. The summed E-state index contributed by atoms with van der Waals surface area (Å²) in [4.78, 5) is 0. The van der Waals surface area contributed by atoms with Gasteiger partial charge in [-0.05, 0) is 32.3 Å². The Labute approximate surface area is 118 Å². The Balaban J connectivity index is 3.66. The average molecular weight is 263 g/mol. The summed E-state index contributed by atoms with van der Waals surface area (Å²) in [6.45, 7) is 17.7. The van der Waals surface area contributed by atoms with Crippen LogP contribution in [0.4, 0.5) is 0 Å². The molecule has 0 unspecified atom stereocenters. The van der Waals surface area contributed by atoms with Crippen molar-refractivity contribution in [3.63, 3.8) is 0 Å². The van der Waals surface area contributed by atoms with Gasteiger partial charge in [0.15, 0.2) is 0 Å². The largest absolute Gasteiger partial charge is 0.390 e. The highest BCUT2D eigenvalue weighted by molar-refractivity contribution is 5.17. The van der Waals surface area contributed by atoms with E-state index in [-0.39, 0.29) is 0 Å². The molecule has 0 aromatic rings. The van der Waals surface area contributed by atoms with Crippen LogP contribution < -0.4 is 16.0 Å². The van der Waals surface area contributed by atoms with Crippen molar-refractivity contribution in [3.05, 3.63) is 48.5 Å². The van der Waals surface area contributed by atoms with E-state index in [1.165, 1.54) is 5.57 Å². The van der Waals surface area contributed by atoms with E-state index in [0.29, 0.717) is 0 Å². The molecule has 0 bridgehead atoms. The maximum absolute atomic E-state index is 4.00. The van der Waals surface area contributed by atoms with Gasteiger partial charge in [0.1, 0.15) is 0 Å². The fourth-order valence-electron chi connectivity index (χ4n) is 1.41. The SMILES string of the molecule is C=C(/C=C(/C)CC)NCCCC(=C)NCC(=C)NC. The quantitative estimate of drug-likeness (QED) is 0.396. The van der Waals surface area contributed by atoms with Gasteiger partial charge in [0.05, 0.1) is 6.54 Å². The highest BCUT2D eigenvalue weighted by Gasteiger charge is 1.96. The van der Waals surface area contributed by atoms with Crippen LogP contribution in [0.15, 0.2) is 48.5 Å². The van der Waals surface area contributed by atoms with E-state index in [9.17, 15) is 0 Å². The predicted molar refractivity (Wildman–Crippen MR) is 85.8 cm³/mol. The smallest absolute Gasteiger partial charge is 0.0538 e.